The third-order valence-electron chi connectivity index (χ3n) is 4.73. The second-order valence-electron chi connectivity index (χ2n) is 7.94. The molecule has 0 amide bonds. The van der Waals surface area contributed by atoms with Gasteiger partial charge >= 0.3 is 21.7 Å². The summed E-state index contributed by atoms with van der Waals surface area (Å²) in [6, 6.07) is 24.8. The summed E-state index contributed by atoms with van der Waals surface area (Å²) in [6.45, 7) is 11.2. The fourth-order valence-electron chi connectivity index (χ4n) is 3.38. The minimum atomic E-state index is 0. The van der Waals surface area contributed by atoms with Crippen LogP contribution in [0.1, 0.15) is 60.1 Å². The number of hydrogen-bond acceptors (Lipinski definition) is 0. The molecule has 0 saturated heterocycles. The standard InChI is InChI=1S/C24H27.3ClH.Ti/c1-17-8-6-10-19(14-17)23(20-11-7-9-18(2)15-20)21-12-13-22(16-21)24(3,4)5;;;;/h6-16,23H,1-5H3;3*1H;/q-1;;;;+4/p-3. The third-order valence-corrected chi connectivity index (χ3v) is 4.73. The first kappa shape index (κ1) is 29.6. The van der Waals surface area contributed by atoms with Crippen LogP contribution in [0.15, 0.2) is 66.7 Å². The number of aryl methyl sites for hydroxylation is 2. The van der Waals surface area contributed by atoms with Crippen molar-refractivity contribution in [2.45, 2.75) is 46.0 Å². The maximum Gasteiger partial charge on any atom is 4.00 e. The Morgan fingerprint density at radius 3 is 1.57 bits per heavy atom. The van der Waals surface area contributed by atoms with Crippen LogP contribution >= 0.6 is 0 Å². The van der Waals surface area contributed by atoms with Crippen LogP contribution in [-0.4, -0.2) is 0 Å². The Kier molecular flexibility index (Phi) is 12.8. The zero-order chi connectivity index (χ0) is 17.3. The Hall–Kier alpha value is -0.626. The Morgan fingerprint density at radius 1 is 0.750 bits per heavy atom. The fraction of sp³-hybridized carbons (Fsp3) is 0.292. The van der Waals surface area contributed by atoms with Crippen molar-refractivity contribution in [3.05, 3.63) is 100 Å². The van der Waals surface area contributed by atoms with Gasteiger partial charge in [0, 0.05) is 0 Å². The number of halogens is 3. The molecule has 0 radical (unpaired) electrons. The van der Waals surface area contributed by atoms with Crippen molar-refractivity contribution in [3.63, 3.8) is 0 Å². The van der Waals surface area contributed by atoms with Crippen LogP contribution in [0.5, 0.6) is 0 Å². The van der Waals surface area contributed by atoms with E-state index in [1.165, 1.54) is 33.4 Å². The molecular formula is C24H27Cl3Ti. The minimum absolute atomic E-state index is 0. The van der Waals surface area contributed by atoms with Crippen LogP contribution in [0.3, 0.4) is 0 Å². The van der Waals surface area contributed by atoms with Gasteiger partial charge in [-0.05, 0) is 30.9 Å². The van der Waals surface area contributed by atoms with E-state index in [0.29, 0.717) is 5.92 Å². The monoisotopic (exact) mass is 468 g/mol. The normalized spacial score (nSPS) is 10.2. The summed E-state index contributed by atoms with van der Waals surface area (Å²) < 4.78 is 0. The zero-order valence-corrected chi connectivity index (χ0v) is 20.9. The van der Waals surface area contributed by atoms with Gasteiger partial charge in [0.1, 0.15) is 0 Å². The molecule has 3 aromatic rings. The van der Waals surface area contributed by atoms with E-state index in [2.05, 4.69) is 101 Å². The summed E-state index contributed by atoms with van der Waals surface area (Å²) in [5.41, 5.74) is 8.33. The first-order valence-electron chi connectivity index (χ1n) is 8.75. The second-order valence-corrected chi connectivity index (χ2v) is 7.94. The molecule has 0 spiro atoms. The molecule has 0 aliphatic rings. The number of hydrogen-bond donors (Lipinski definition) is 0. The molecule has 28 heavy (non-hydrogen) atoms. The van der Waals surface area contributed by atoms with E-state index in [1.807, 2.05) is 0 Å². The summed E-state index contributed by atoms with van der Waals surface area (Å²) in [5, 5.41) is 0. The molecule has 0 aliphatic heterocycles. The maximum atomic E-state index is 2.38. The second kappa shape index (κ2) is 12.2. The quantitative estimate of drug-likeness (QED) is 0.294. The summed E-state index contributed by atoms with van der Waals surface area (Å²) >= 11 is 0. The van der Waals surface area contributed by atoms with E-state index >= 15 is 0 Å². The van der Waals surface area contributed by atoms with E-state index in [9.17, 15) is 0 Å². The molecule has 4 heteroatoms. The molecule has 3 aromatic carbocycles. The molecule has 0 bridgehead atoms. The Labute approximate surface area is 204 Å². The van der Waals surface area contributed by atoms with E-state index in [-0.39, 0.29) is 64.4 Å². The Balaban J connectivity index is 0. The minimum Gasteiger partial charge on any atom is -1.00 e. The molecule has 0 saturated carbocycles. The Bertz CT molecular complexity index is 801. The van der Waals surface area contributed by atoms with Gasteiger partial charge in [0.25, 0.3) is 0 Å². The average Bonchev–Trinajstić information content (AvgIpc) is 2.97. The van der Waals surface area contributed by atoms with Crippen molar-refractivity contribution in [2.24, 2.45) is 0 Å². The van der Waals surface area contributed by atoms with Crippen LogP contribution < -0.4 is 37.2 Å². The molecular weight excluding hydrogens is 442 g/mol. The van der Waals surface area contributed by atoms with Crippen LogP contribution in [0, 0.1) is 13.8 Å². The molecule has 0 atom stereocenters. The molecule has 0 fully saturated rings. The zero-order valence-electron chi connectivity index (χ0n) is 17.1. The molecule has 0 unspecified atom stereocenters. The first-order valence-corrected chi connectivity index (χ1v) is 8.75. The van der Waals surface area contributed by atoms with Crippen molar-refractivity contribution in [2.75, 3.05) is 0 Å². The van der Waals surface area contributed by atoms with Gasteiger partial charge in [-0.25, -0.2) is 6.07 Å². The fourth-order valence-corrected chi connectivity index (χ4v) is 3.38. The summed E-state index contributed by atoms with van der Waals surface area (Å²) in [7, 11) is 0. The molecule has 0 aliphatic carbocycles. The van der Waals surface area contributed by atoms with Gasteiger partial charge in [-0.1, -0.05) is 85.8 Å². The SMILES string of the molecule is Cc1cccc(C(c2cccc(C)c2)[c-]2ccc(C(C)(C)C)c2)c1.[Cl-].[Cl-].[Cl-].[Ti+4]. The molecule has 0 nitrogen and oxygen atoms in total. The molecule has 0 heterocycles. The van der Waals surface area contributed by atoms with E-state index < -0.39 is 0 Å². The molecule has 0 N–H and O–H groups in total. The predicted molar refractivity (Wildman–Crippen MR) is 104 cm³/mol. The van der Waals surface area contributed by atoms with Crippen LogP contribution in [0.2, 0.25) is 0 Å². The molecule has 0 aromatic heterocycles. The molecule has 3 rings (SSSR count). The van der Waals surface area contributed by atoms with Gasteiger partial charge in [-0.3, -0.25) is 0 Å². The summed E-state index contributed by atoms with van der Waals surface area (Å²) in [6.07, 6.45) is 0. The van der Waals surface area contributed by atoms with Gasteiger partial charge < -0.3 is 37.2 Å². The maximum absolute atomic E-state index is 2.38. The topological polar surface area (TPSA) is 0 Å². The summed E-state index contributed by atoms with van der Waals surface area (Å²) in [5.74, 6) is 0.292. The largest absolute Gasteiger partial charge is 4.00 e. The van der Waals surface area contributed by atoms with Crippen LogP contribution in [0.4, 0.5) is 0 Å². The van der Waals surface area contributed by atoms with Gasteiger partial charge in [-0.2, -0.15) is 17.7 Å². The van der Waals surface area contributed by atoms with Gasteiger partial charge in [0.2, 0.25) is 0 Å². The van der Waals surface area contributed by atoms with Gasteiger partial charge in [-0.15, -0.1) is 5.56 Å². The van der Waals surface area contributed by atoms with Crippen molar-refractivity contribution < 1.29 is 58.9 Å². The van der Waals surface area contributed by atoms with Crippen molar-refractivity contribution >= 4 is 0 Å². The van der Waals surface area contributed by atoms with Crippen molar-refractivity contribution in [1.82, 2.24) is 0 Å². The number of benzene rings is 2. The van der Waals surface area contributed by atoms with Gasteiger partial charge in [0.05, 0.1) is 0 Å². The van der Waals surface area contributed by atoms with E-state index in [1.54, 1.807) is 0 Å². The van der Waals surface area contributed by atoms with Crippen molar-refractivity contribution in [1.29, 1.82) is 0 Å². The smallest absolute Gasteiger partial charge is 1.00 e. The van der Waals surface area contributed by atoms with E-state index in [4.69, 9.17) is 0 Å². The first-order chi connectivity index (χ1) is 11.3. The van der Waals surface area contributed by atoms with Crippen LogP contribution in [-0.2, 0) is 27.1 Å². The third kappa shape index (κ3) is 7.01. The van der Waals surface area contributed by atoms with Gasteiger partial charge in [0.15, 0.2) is 0 Å². The van der Waals surface area contributed by atoms with E-state index in [0.717, 1.165) is 0 Å². The Morgan fingerprint density at radius 2 is 1.21 bits per heavy atom. The summed E-state index contributed by atoms with van der Waals surface area (Å²) in [4.78, 5) is 0. The van der Waals surface area contributed by atoms with Crippen molar-refractivity contribution in [3.8, 4) is 0 Å². The number of rotatable bonds is 3. The predicted octanol–water partition coefficient (Wildman–Crippen LogP) is -2.49. The van der Waals surface area contributed by atoms with Crippen LogP contribution in [0.25, 0.3) is 0 Å². The average molecular weight is 470 g/mol. The molecule has 148 valence electrons.